The molecule has 8 unspecified atom stereocenters. The van der Waals surface area contributed by atoms with Crippen molar-refractivity contribution in [1.82, 2.24) is 0 Å². The maximum Gasteiger partial charge on any atom is 0.0577 e. The number of fused-ring (bicyclic) bond motifs is 5. The first-order valence-corrected chi connectivity index (χ1v) is 12.7. The van der Waals surface area contributed by atoms with Gasteiger partial charge in [0, 0.05) is 6.61 Å². The van der Waals surface area contributed by atoms with Crippen LogP contribution in [0.1, 0.15) is 104 Å². The molecule has 0 aromatic heterocycles. The lowest BCUT2D eigenvalue weighted by atomic mass is 9.44. The van der Waals surface area contributed by atoms with Crippen LogP contribution >= 0.6 is 0 Å². The Labute approximate surface area is 173 Å². The highest BCUT2D eigenvalue weighted by atomic mass is 16.3. The van der Waals surface area contributed by atoms with E-state index in [-0.39, 0.29) is 6.10 Å². The molecule has 0 aliphatic heterocycles. The molecule has 9 atom stereocenters. The van der Waals surface area contributed by atoms with E-state index in [0.717, 1.165) is 42.4 Å². The fourth-order valence-corrected chi connectivity index (χ4v) is 9.19. The Morgan fingerprint density at radius 2 is 1.68 bits per heavy atom. The van der Waals surface area contributed by atoms with E-state index >= 15 is 0 Å². The molecule has 0 aromatic carbocycles. The van der Waals surface area contributed by atoms with Crippen LogP contribution in [0.4, 0.5) is 0 Å². The van der Waals surface area contributed by atoms with Crippen LogP contribution in [0.15, 0.2) is 0 Å². The van der Waals surface area contributed by atoms with Gasteiger partial charge in [0.15, 0.2) is 0 Å². The second-order valence-electron chi connectivity index (χ2n) is 11.8. The van der Waals surface area contributed by atoms with Crippen molar-refractivity contribution in [3.05, 3.63) is 0 Å². The molecule has 28 heavy (non-hydrogen) atoms. The van der Waals surface area contributed by atoms with E-state index in [1.807, 2.05) is 0 Å². The van der Waals surface area contributed by atoms with Crippen LogP contribution in [0.5, 0.6) is 0 Å². The van der Waals surface area contributed by atoms with Crippen molar-refractivity contribution in [2.24, 2.45) is 46.3 Å². The SMILES string of the molecule is C[C@H](CCCCCO)C1CCC2C3C(O)CC4CCCCC4(C)C3CCC21C. The minimum Gasteiger partial charge on any atom is -0.396 e. The molecule has 0 bridgehead atoms. The molecule has 2 N–H and O–H groups in total. The van der Waals surface area contributed by atoms with Crippen molar-refractivity contribution in [3.63, 3.8) is 0 Å². The smallest absolute Gasteiger partial charge is 0.0577 e. The fraction of sp³-hybridized carbons (Fsp3) is 1.00. The molecule has 0 saturated heterocycles. The summed E-state index contributed by atoms with van der Waals surface area (Å²) in [7, 11) is 0. The molecular weight excluding hydrogens is 344 g/mol. The minimum absolute atomic E-state index is 0.0376. The van der Waals surface area contributed by atoms with Gasteiger partial charge in [-0.25, -0.2) is 0 Å². The molecule has 0 spiro atoms. The molecule has 0 radical (unpaired) electrons. The fourth-order valence-electron chi connectivity index (χ4n) is 9.19. The summed E-state index contributed by atoms with van der Waals surface area (Å²) in [4.78, 5) is 0. The summed E-state index contributed by atoms with van der Waals surface area (Å²) in [5.74, 6) is 4.53. The van der Waals surface area contributed by atoms with Crippen LogP contribution in [0.3, 0.4) is 0 Å². The first kappa shape index (κ1) is 21.2. The minimum atomic E-state index is -0.0376. The molecule has 4 rings (SSSR count). The second kappa shape index (κ2) is 8.22. The number of aliphatic hydroxyl groups is 2. The Morgan fingerprint density at radius 1 is 0.893 bits per heavy atom. The molecule has 2 nitrogen and oxygen atoms in total. The largest absolute Gasteiger partial charge is 0.396 e. The monoisotopic (exact) mass is 390 g/mol. The maximum atomic E-state index is 11.3. The van der Waals surface area contributed by atoms with Gasteiger partial charge in [0.25, 0.3) is 0 Å². The van der Waals surface area contributed by atoms with Gasteiger partial charge in [0.2, 0.25) is 0 Å². The first-order chi connectivity index (χ1) is 13.4. The highest BCUT2D eigenvalue weighted by Crippen LogP contribution is 2.68. The van der Waals surface area contributed by atoms with E-state index in [1.165, 1.54) is 70.6 Å². The Morgan fingerprint density at radius 3 is 2.46 bits per heavy atom. The Hall–Kier alpha value is -0.0800. The quantitative estimate of drug-likeness (QED) is 0.530. The molecule has 0 heterocycles. The van der Waals surface area contributed by atoms with Gasteiger partial charge in [-0.05, 0) is 97.7 Å². The summed E-state index contributed by atoms with van der Waals surface area (Å²) >= 11 is 0. The van der Waals surface area contributed by atoms with Gasteiger partial charge in [-0.2, -0.15) is 0 Å². The predicted molar refractivity (Wildman–Crippen MR) is 116 cm³/mol. The molecule has 162 valence electrons. The molecule has 4 saturated carbocycles. The van der Waals surface area contributed by atoms with Crippen LogP contribution in [0.2, 0.25) is 0 Å². The third-order valence-corrected chi connectivity index (χ3v) is 10.7. The number of hydrogen-bond donors (Lipinski definition) is 2. The summed E-state index contributed by atoms with van der Waals surface area (Å²) in [6, 6.07) is 0. The topological polar surface area (TPSA) is 40.5 Å². The highest BCUT2D eigenvalue weighted by Gasteiger charge is 2.62. The van der Waals surface area contributed by atoms with Crippen molar-refractivity contribution in [3.8, 4) is 0 Å². The second-order valence-corrected chi connectivity index (χ2v) is 11.8. The van der Waals surface area contributed by atoms with Crippen LogP contribution in [0.25, 0.3) is 0 Å². The zero-order chi connectivity index (χ0) is 19.9. The normalized spacial score (nSPS) is 49.2. The molecular formula is C26H46O2. The van der Waals surface area contributed by atoms with Gasteiger partial charge in [0.05, 0.1) is 6.10 Å². The summed E-state index contributed by atoms with van der Waals surface area (Å²) in [6.07, 6.45) is 16.9. The van der Waals surface area contributed by atoms with E-state index < -0.39 is 0 Å². The summed E-state index contributed by atoms with van der Waals surface area (Å²) < 4.78 is 0. The first-order valence-electron chi connectivity index (χ1n) is 12.7. The van der Waals surface area contributed by atoms with E-state index in [4.69, 9.17) is 5.11 Å². The number of rotatable bonds is 6. The summed E-state index contributed by atoms with van der Waals surface area (Å²) in [5, 5.41) is 20.4. The third kappa shape index (κ3) is 3.39. The predicted octanol–water partition coefficient (Wildman–Crippen LogP) is 6.20. The van der Waals surface area contributed by atoms with E-state index in [1.54, 1.807) is 0 Å². The van der Waals surface area contributed by atoms with Gasteiger partial charge in [-0.1, -0.05) is 52.9 Å². The average Bonchev–Trinajstić information content (AvgIpc) is 3.03. The maximum absolute atomic E-state index is 11.3. The Bertz CT molecular complexity index is 533. The standard InChI is InChI=1S/C26H46O2/c1-18(9-5-4-8-16-27)20-11-12-21-24-22(13-15-26(20,21)3)25(2)14-7-6-10-19(25)17-23(24)28/h18-24,27-28H,4-17H2,1-3H3/t18-,19?,20?,21?,22?,23?,24?,25?,26?/m1/s1. The van der Waals surface area contributed by atoms with Crippen LogP contribution in [-0.4, -0.2) is 22.9 Å². The molecule has 4 aliphatic rings. The van der Waals surface area contributed by atoms with Gasteiger partial charge < -0.3 is 10.2 Å². The molecule has 4 fully saturated rings. The van der Waals surface area contributed by atoms with E-state index in [9.17, 15) is 5.11 Å². The van der Waals surface area contributed by atoms with Crippen molar-refractivity contribution < 1.29 is 10.2 Å². The Kier molecular flexibility index (Phi) is 6.21. The Balaban J connectivity index is 1.49. The van der Waals surface area contributed by atoms with Gasteiger partial charge in [-0.15, -0.1) is 0 Å². The van der Waals surface area contributed by atoms with Crippen molar-refractivity contribution in [2.75, 3.05) is 6.61 Å². The zero-order valence-corrected chi connectivity index (χ0v) is 18.8. The number of aliphatic hydroxyl groups excluding tert-OH is 2. The van der Waals surface area contributed by atoms with Crippen molar-refractivity contribution >= 4 is 0 Å². The molecule has 2 heteroatoms. The van der Waals surface area contributed by atoms with E-state index in [0.29, 0.717) is 23.4 Å². The van der Waals surface area contributed by atoms with Gasteiger partial charge in [0.1, 0.15) is 0 Å². The van der Waals surface area contributed by atoms with Crippen LogP contribution in [-0.2, 0) is 0 Å². The van der Waals surface area contributed by atoms with Crippen LogP contribution in [0, 0.1) is 46.3 Å². The average molecular weight is 391 g/mol. The van der Waals surface area contributed by atoms with Crippen LogP contribution < -0.4 is 0 Å². The molecule has 4 aliphatic carbocycles. The van der Waals surface area contributed by atoms with Crippen molar-refractivity contribution in [2.45, 2.75) is 110 Å². The lowest BCUT2D eigenvalue weighted by Crippen LogP contribution is -2.57. The highest BCUT2D eigenvalue weighted by molar-refractivity contribution is 5.11. The number of hydrogen-bond acceptors (Lipinski definition) is 2. The van der Waals surface area contributed by atoms with Crippen molar-refractivity contribution in [1.29, 1.82) is 0 Å². The summed E-state index contributed by atoms with van der Waals surface area (Å²) in [5.41, 5.74) is 0.966. The molecule has 0 amide bonds. The lowest BCUT2D eigenvalue weighted by Gasteiger charge is -2.62. The zero-order valence-electron chi connectivity index (χ0n) is 18.8. The summed E-state index contributed by atoms with van der Waals surface area (Å²) in [6.45, 7) is 8.06. The molecule has 0 aromatic rings. The third-order valence-electron chi connectivity index (χ3n) is 10.7. The number of unbranched alkanes of at least 4 members (excludes halogenated alkanes) is 2. The van der Waals surface area contributed by atoms with Gasteiger partial charge >= 0.3 is 0 Å². The van der Waals surface area contributed by atoms with Gasteiger partial charge in [-0.3, -0.25) is 0 Å². The van der Waals surface area contributed by atoms with E-state index in [2.05, 4.69) is 20.8 Å². The lowest BCUT2D eigenvalue weighted by molar-refractivity contribution is -0.164.